The molecular formula is C16H12O4. The Morgan fingerprint density at radius 2 is 1.65 bits per heavy atom. The zero-order valence-electron chi connectivity index (χ0n) is 10.8. The van der Waals surface area contributed by atoms with Crippen molar-refractivity contribution >= 4 is 11.0 Å². The third-order valence-corrected chi connectivity index (χ3v) is 3.29. The summed E-state index contributed by atoms with van der Waals surface area (Å²) < 4.78 is 5.02. The Hall–Kier alpha value is -2.75. The highest BCUT2D eigenvalue weighted by molar-refractivity contribution is 6.00. The highest BCUT2D eigenvalue weighted by atomic mass is 16.4. The first-order valence-electron chi connectivity index (χ1n) is 6.13. The highest BCUT2D eigenvalue weighted by Gasteiger charge is 2.19. The standard InChI is InChI=1S/C16H12O4/c1-9-7-8-11-13(14(9)17)12(15(18)16(19)20-11)10-5-3-2-4-6-10/h2-8,17-18H,1H3. The molecule has 1 heterocycles. The normalized spacial score (nSPS) is 10.8. The molecule has 3 rings (SSSR count). The number of fused-ring (bicyclic) bond motifs is 1. The topological polar surface area (TPSA) is 70.7 Å². The number of phenols is 1. The number of phenolic OH excluding ortho intramolecular Hbond substituents is 1. The predicted octanol–water partition coefficient (Wildman–Crippen LogP) is 3.18. The molecule has 0 amide bonds. The largest absolute Gasteiger partial charge is 0.507 e. The molecular weight excluding hydrogens is 256 g/mol. The number of hydrogen-bond acceptors (Lipinski definition) is 4. The van der Waals surface area contributed by atoms with E-state index in [1.807, 2.05) is 6.07 Å². The van der Waals surface area contributed by atoms with E-state index < -0.39 is 11.4 Å². The lowest BCUT2D eigenvalue weighted by molar-refractivity contribution is 0.427. The minimum atomic E-state index is -0.820. The molecule has 20 heavy (non-hydrogen) atoms. The minimum absolute atomic E-state index is 0.000373. The number of aromatic hydroxyl groups is 2. The second-order valence-electron chi connectivity index (χ2n) is 4.58. The maximum absolute atomic E-state index is 11.7. The van der Waals surface area contributed by atoms with Crippen molar-refractivity contribution in [1.82, 2.24) is 0 Å². The van der Waals surface area contributed by atoms with E-state index in [1.165, 1.54) is 0 Å². The summed E-state index contributed by atoms with van der Waals surface area (Å²) in [5.41, 5.74) is 0.999. The van der Waals surface area contributed by atoms with Crippen molar-refractivity contribution in [2.45, 2.75) is 6.92 Å². The first kappa shape index (κ1) is 12.3. The van der Waals surface area contributed by atoms with Crippen LogP contribution in [0, 0.1) is 6.92 Å². The first-order valence-corrected chi connectivity index (χ1v) is 6.13. The van der Waals surface area contributed by atoms with Gasteiger partial charge in [-0.2, -0.15) is 0 Å². The summed E-state index contributed by atoms with van der Waals surface area (Å²) in [7, 11) is 0. The molecule has 4 nitrogen and oxygen atoms in total. The summed E-state index contributed by atoms with van der Waals surface area (Å²) in [5, 5.41) is 20.6. The van der Waals surface area contributed by atoms with Gasteiger partial charge in [0.15, 0.2) is 0 Å². The van der Waals surface area contributed by atoms with Gasteiger partial charge in [0.25, 0.3) is 0 Å². The molecule has 0 fully saturated rings. The van der Waals surface area contributed by atoms with Crippen LogP contribution < -0.4 is 5.63 Å². The molecule has 1 aromatic heterocycles. The van der Waals surface area contributed by atoms with Crippen molar-refractivity contribution in [1.29, 1.82) is 0 Å². The Balaban J connectivity index is 2.55. The van der Waals surface area contributed by atoms with Gasteiger partial charge in [-0.1, -0.05) is 36.4 Å². The van der Waals surface area contributed by atoms with Crippen molar-refractivity contribution in [3.63, 3.8) is 0 Å². The molecule has 4 heteroatoms. The van der Waals surface area contributed by atoms with Gasteiger partial charge in [-0.15, -0.1) is 0 Å². The third-order valence-electron chi connectivity index (χ3n) is 3.29. The molecule has 0 unspecified atom stereocenters. The maximum atomic E-state index is 11.7. The summed E-state index contributed by atoms with van der Waals surface area (Å²) in [6.45, 7) is 1.74. The molecule has 0 radical (unpaired) electrons. The molecule has 2 N–H and O–H groups in total. The monoisotopic (exact) mass is 268 g/mol. The van der Waals surface area contributed by atoms with E-state index in [4.69, 9.17) is 4.42 Å². The van der Waals surface area contributed by atoms with Crippen LogP contribution in [-0.2, 0) is 0 Å². The van der Waals surface area contributed by atoms with Gasteiger partial charge in [0.1, 0.15) is 11.3 Å². The van der Waals surface area contributed by atoms with Crippen LogP contribution in [0.15, 0.2) is 51.7 Å². The average Bonchev–Trinajstić information content (AvgIpc) is 2.46. The van der Waals surface area contributed by atoms with Gasteiger partial charge < -0.3 is 14.6 Å². The first-order chi connectivity index (χ1) is 9.59. The molecule has 0 aliphatic heterocycles. The number of aryl methyl sites for hydroxylation is 1. The van der Waals surface area contributed by atoms with E-state index in [0.717, 1.165) is 0 Å². The average molecular weight is 268 g/mol. The lowest BCUT2D eigenvalue weighted by Crippen LogP contribution is -2.01. The quantitative estimate of drug-likeness (QED) is 0.665. The molecule has 0 atom stereocenters. The fraction of sp³-hybridized carbons (Fsp3) is 0.0625. The fourth-order valence-electron chi connectivity index (χ4n) is 2.26. The number of hydrogen-bond donors (Lipinski definition) is 2. The Morgan fingerprint density at radius 3 is 2.35 bits per heavy atom. The molecule has 2 aromatic carbocycles. The van der Waals surface area contributed by atoms with Gasteiger partial charge >= 0.3 is 5.63 Å². The number of rotatable bonds is 1. The van der Waals surface area contributed by atoms with Crippen LogP contribution in [-0.4, -0.2) is 10.2 Å². The summed E-state index contributed by atoms with van der Waals surface area (Å²) in [6.07, 6.45) is 0. The van der Waals surface area contributed by atoms with Crippen LogP contribution in [0.3, 0.4) is 0 Å². The van der Waals surface area contributed by atoms with Gasteiger partial charge in [0.05, 0.1) is 5.39 Å². The lowest BCUT2D eigenvalue weighted by atomic mass is 9.99. The maximum Gasteiger partial charge on any atom is 0.379 e. The molecule has 0 saturated carbocycles. The number of benzene rings is 2. The van der Waals surface area contributed by atoms with Crippen LogP contribution in [0.2, 0.25) is 0 Å². The Bertz CT molecular complexity index is 848. The third kappa shape index (κ3) is 1.73. The van der Waals surface area contributed by atoms with Crippen molar-refractivity contribution in [2.75, 3.05) is 0 Å². The summed E-state index contributed by atoms with van der Waals surface area (Å²) in [4.78, 5) is 11.7. The summed E-state index contributed by atoms with van der Waals surface area (Å²) in [5.74, 6) is -0.495. The van der Waals surface area contributed by atoms with Crippen LogP contribution in [0.25, 0.3) is 22.1 Å². The molecule has 0 spiro atoms. The molecule has 3 aromatic rings. The van der Waals surface area contributed by atoms with Crippen molar-refractivity contribution < 1.29 is 14.6 Å². The van der Waals surface area contributed by atoms with Crippen LogP contribution in [0.5, 0.6) is 11.5 Å². The Kier molecular flexibility index (Phi) is 2.71. The second kappa shape index (κ2) is 4.42. The van der Waals surface area contributed by atoms with Crippen LogP contribution in [0.4, 0.5) is 0 Å². The van der Waals surface area contributed by atoms with E-state index in [9.17, 15) is 15.0 Å². The van der Waals surface area contributed by atoms with E-state index >= 15 is 0 Å². The molecule has 0 bridgehead atoms. The van der Waals surface area contributed by atoms with Gasteiger partial charge in [-0.25, -0.2) is 4.79 Å². The lowest BCUT2D eigenvalue weighted by Gasteiger charge is -2.10. The van der Waals surface area contributed by atoms with E-state index in [2.05, 4.69) is 0 Å². The van der Waals surface area contributed by atoms with E-state index in [1.54, 1.807) is 43.3 Å². The highest BCUT2D eigenvalue weighted by Crippen LogP contribution is 2.39. The van der Waals surface area contributed by atoms with Gasteiger partial charge in [0.2, 0.25) is 5.75 Å². The minimum Gasteiger partial charge on any atom is -0.507 e. The second-order valence-corrected chi connectivity index (χ2v) is 4.58. The van der Waals surface area contributed by atoms with E-state index in [0.29, 0.717) is 16.5 Å². The van der Waals surface area contributed by atoms with Gasteiger partial charge in [-0.3, -0.25) is 0 Å². The van der Waals surface area contributed by atoms with E-state index in [-0.39, 0.29) is 16.9 Å². The van der Waals surface area contributed by atoms with Gasteiger partial charge in [0, 0.05) is 5.56 Å². The van der Waals surface area contributed by atoms with Crippen LogP contribution >= 0.6 is 0 Å². The van der Waals surface area contributed by atoms with Crippen molar-refractivity contribution in [3.8, 4) is 22.6 Å². The SMILES string of the molecule is Cc1ccc2oc(=O)c(O)c(-c3ccccc3)c2c1O. The molecule has 0 aliphatic carbocycles. The molecule has 100 valence electrons. The smallest absolute Gasteiger partial charge is 0.379 e. The molecule has 0 aliphatic rings. The Morgan fingerprint density at radius 1 is 0.950 bits per heavy atom. The van der Waals surface area contributed by atoms with Crippen molar-refractivity contribution in [3.05, 3.63) is 58.4 Å². The summed E-state index contributed by atoms with van der Waals surface area (Å²) in [6, 6.07) is 12.2. The Labute approximate surface area is 114 Å². The molecule has 0 saturated heterocycles. The van der Waals surface area contributed by atoms with Crippen molar-refractivity contribution in [2.24, 2.45) is 0 Å². The predicted molar refractivity (Wildman–Crippen MR) is 76.0 cm³/mol. The zero-order chi connectivity index (χ0) is 14.3. The fourth-order valence-corrected chi connectivity index (χ4v) is 2.26. The van der Waals surface area contributed by atoms with Gasteiger partial charge in [-0.05, 0) is 24.1 Å². The summed E-state index contributed by atoms with van der Waals surface area (Å²) >= 11 is 0. The van der Waals surface area contributed by atoms with Crippen LogP contribution in [0.1, 0.15) is 5.56 Å². The zero-order valence-corrected chi connectivity index (χ0v) is 10.8.